The molecule has 1 rings (SSSR count). The highest BCUT2D eigenvalue weighted by molar-refractivity contribution is 5.79. The molecule has 0 saturated carbocycles. The summed E-state index contributed by atoms with van der Waals surface area (Å²) in [6.07, 6.45) is 0.840. The Morgan fingerprint density at radius 3 is 2.54 bits per heavy atom. The first-order chi connectivity index (χ1) is 6.20. The van der Waals surface area contributed by atoms with Crippen molar-refractivity contribution < 1.29 is 4.74 Å². The first-order valence-electron chi connectivity index (χ1n) is 4.75. The Balaban J connectivity index is 2.21. The average molecular weight is 185 g/mol. The first-order valence-corrected chi connectivity index (χ1v) is 4.75. The molecule has 0 bridgehead atoms. The summed E-state index contributed by atoms with van der Waals surface area (Å²) in [7, 11) is 4.07. The van der Waals surface area contributed by atoms with Gasteiger partial charge >= 0.3 is 0 Å². The summed E-state index contributed by atoms with van der Waals surface area (Å²) in [5.74, 6) is 0.747. The van der Waals surface area contributed by atoms with E-state index in [0.29, 0.717) is 0 Å². The van der Waals surface area contributed by atoms with Gasteiger partial charge in [0.25, 0.3) is 0 Å². The second kappa shape index (κ2) is 5.19. The minimum absolute atomic E-state index is 0.747. The molecule has 4 heteroatoms. The summed E-state index contributed by atoms with van der Waals surface area (Å²) in [5, 5.41) is 7.82. The van der Waals surface area contributed by atoms with Gasteiger partial charge < -0.3 is 14.5 Å². The zero-order valence-electron chi connectivity index (χ0n) is 8.55. The second-order valence-electron chi connectivity index (χ2n) is 3.60. The van der Waals surface area contributed by atoms with Crippen LogP contribution in [-0.4, -0.2) is 62.6 Å². The van der Waals surface area contributed by atoms with Crippen LogP contribution in [0.2, 0.25) is 0 Å². The lowest BCUT2D eigenvalue weighted by Gasteiger charge is -2.29. The van der Waals surface area contributed by atoms with Crippen molar-refractivity contribution in [3.63, 3.8) is 0 Å². The largest absolute Gasteiger partial charge is 0.378 e. The molecule has 1 heterocycles. The molecule has 0 aromatic heterocycles. The predicted octanol–water partition coefficient (Wildman–Crippen LogP) is 0.248. The van der Waals surface area contributed by atoms with E-state index in [1.165, 1.54) is 0 Å². The number of nitrogens with zero attached hydrogens (tertiary/aromatic N) is 2. The standard InChI is InChI=1S/C9H19N3O/c1-11(2)4-3-9(10)12-5-7-13-8-6-12/h10H,3-8H2,1-2H3. The topological polar surface area (TPSA) is 39.6 Å². The highest BCUT2D eigenvalue weighted by Gasteiger charge is 2.13. The van der Waals surface area contributed by atoms with Crippen molar-refractivity contribution in [3.05, 3.63) is 0 Å². The zero-order valence-corrected chi connectivity index (χ0v) is 8.55. The van der Waals surface area contributed by atoms with Crippen molar-refractivity contribution in [3.8, 4) is 0 Å². The molecule has 0 aromatic carbocycles. The Bertz CT molecular complexity index is 164. The van der Waals surface area contributed by atoms with E-state index in [1.54, 1.807) is 0 Å². The molecule has 1 fully saturated rings. The van der Waals surface area contributed by atoms with Gasteiger partial charge in [-0.1, -0.05) is 0 Å². The van der Waals surface area contributed by atoms with Gasteiger partial charge in [0, 0.05) is 26.1 Å². The molecule has 0 atom stereocenters. The molecular weight excluding hydrogens is 166 g/mol. The Morgan fingerprint density at radius 2 is 2.00 bits per heavy atom. The van der Waals surface area contributed by atoms with E-state index in [0.717, 1.165) is 45.1 Å². The number of nitrogens with one attached hydrogen (secondary N) is 1. The lowest BCUT2D eigenvalue weighted by atomic mass is 10.3. The van der Waals surface area contributed by atoms with Crippen molar-refractivity contribution in [2.24, 2.45) is 0 Å². The smallest absolute Gasteiger partial charge is 0.0972 e. The van der Waals surface area contributed by atoms with Crippen LogP contribution in [0.25, 0.3) is 0 Å². The van der Waals surface area contributed by atoms with E-state index < -0.39 is 0 Å². The summed E-state index contributed by atoms with van der Waals surface area (Å²) in [5.41, 5.74) is 0. The number of ether oxygens (including phenoxy) is 1. The third-order valence-electron chi connectivity index (χ3n) is 2.19. The number of morpholine rings is 1. The Hall–Kier alpha value is -0.610. The quantitative estimate of drug-likeness (QED) is 0.506. The van der Waals surface area contributed by atoms with Crippen LogP contribution < -0.4 is 0 Å². The molecule has 1 aliphatic heterocycles. The number of amidine groups is 1. The maximum atomic E-state index is 7.82. The number of hydrogen-bond donors (Lipinski definition) is 1. The van der Waals surface area contributed by atoms with Gasteiger partial charge in [0.2, 0.25) is 0 Å². The summed E-state index contributed by atoms with van der Waals surface area (Å²) in [6, 6.07) is 0. The van der Waals surface area contributed by atoms with Crippen molar-refractivity contribution >= 4 is 5.84 Å². The third-order valence-corrected chi connectivity index (χ3v) is 2.19. The zero-order chi connectivity index (χ0) is 9.68. The van der Waals surface area contributed by atoms with Crippen molar-refractivity contribution in [2.45, 2.75) is 6.42 Å². The Morgan fingerprint density at radius 1 is 1.38 bits per heavy atom. The lowest BCUT2D eigenvalue weighted by Crippen LogP contribution is -2.41. The fourth-order valence-corrected chi connectivity index (χ4v) is 1.32. The molecular formula is C9H19N3O. The minimum atomic E-state index is 0.747. The van der Waals surface area contributed by atoms with Crippen LogP contribution in [0.3, 0.4) is 0 Å². The number of hydrogen-bond acceptors (Lipinski definition) is 3. The van der Waals surface area contributed by atoms with Crippen molar-refractivity contribution in [1.29, 1.82) is 5.41 Å². The molecule has 0 radical (unpaired) electrons. The Kier molecular flexibility index (Phi) is 4.18. The average Bonchev–Trinajstić information content (AvgIpc) is 2.15. The van der Waals surface area contributed by atoms with E-state index in [9.17, 15) is 0 Å². The summed E-state index contributed by atoms with van der Waals surface area (Å²) >= 11 is 0. The van der Waals surface area contributed by atoms with Gasteiger partial charge in [0.1, 0.15) is 0 Å². The van der Waals surface area contributed by atoms with Gasteiger partial charge in [0.15, 0.2) is 0 Å². The van der Waals surface area contributed by atoms with Gasteiger partial charge in [-0.05, 0) is 14.1 Å². The van der Waals surface area contributed by atoms with Crippen LogP contribution in [0, 0.1) is 5.41 Å². The second-order valence-corrected chi connectivity index (χ2v) is 3.60. The highest BCUT2D eigenvalue weighted by Crippen LogP contribution is 2.00. The molecule has 1 aliphatic rings. The SMILES string of the molecule is CN(C)CCC(=N)N1CCOCC1. The predicted molar refractivity (Wildman–Crippen MR) is 53.3 cm³/mol. The summed E-state index contributed by atoms with van der Waals surface area (Å²) in [6.45, 7) is 4.25. The normalized spacial score (nSPS) is 17.9. The summed E-state index contributed by atoms with van der Waals surface area (Å²) in [4.78, 5) is 4.21. The van der Waals surface area contributed by atoms with E-state index in [-0.39, 0.29) is 0 Å². The van der Waals surface area contributed by atoms with Gasteiger partial charge in [0.05, 0.1) is 19.0 Å². The molecule has 0 spiro atoms. The highest BCUT2D eigenvalue weighted by atomic mass is 16.5. The molecule has 13 heavy (non-hydrogen) atoms. The van der Waals surface area contributed by atoms with E-state index >= 15 is 0 Å². The lowest BCUT2D eigenvalue weighted by molar-refractivity contribution is 0.0666. The fourth-order valence-electron chi connectivity index (χ4n) is 1.32. The molecule has 76 valence electrons. The third kappa shape index (κ3) is 3.74. The van der Waals surface area contributed by atoms with E-state index in [4.69, 9.17) is 10.1 Å². The number of rotatable bonds is 3. The molecule has 1 N–H and O–H groups in total. The van der Waals surface area contributed by atoms with Crippen LogP contribution in [0.15, 0.2) is 0 Å². The fraction of sp³-hybridized carbons (Fsp3) is 0.889. The molecule has 1 saturated heterocycles. The minimum Gasteiger partial charge on any atom is -0.378 e. The molecule has 4 nitrogen and oxygen atoms in total. The van der Waals surface area contributed by atoms with Crippen LogP contribution in [0.1, 0.15) is 6.42 Å². The van der Waals surface area contributed by atoms with Gasteiger partial charge in [-0.2, -0.15) is 0 Å². The van der Waals surface area contributed by atoms with Crippen LogP contribution in [-0.2, 0) is 4.74 Å². The van der Waals surface area contributed by atoms with Crippen LogP contribution >= 0.6 is 0 Å². The molecule has 0 unspecified atom stereocenters. The van der Waals surface area contributed by atoms with Crippen molar-refractivity contribution in [1.82, 2.24) is 9.80 Å². The molecule has 0 aliphatic carbocycles. The van der Waals surface area contributed by atoms with E-state index in [2.05, 4.69) is 9.80 Å². The molecule has 0 amide bonds. The van der Waals surface area contributed by atoms with Crippen LogP contribution in [0.4, 0.5) is 0 Å². The maximum absolute atomic E-state index is 7.82. The monoisotopic (exact) mass is 185 g/mol. The van der Waals surface area contributed by atoms with Gasteiger partial charge in [-0.3, -0.25) is 5.41 Å². The molecule has 0 aromatic rings. The Labute approximate surface area is 80.0 Å². The van der Waals surface area contributed by atoms with E-state index in [1.807, 2.05) is 14.1 Å². The summed E-state index contributed by atoms with van der Waals surface area (Å²) < 4.78 is 5.23. The van der Waals surface area contributed by atoms with Gasteiger partial charge in [-0.25, -0.2) is 0 Å². The first kappa shape index (κ1) is 10.5. The van der Waals surface area contributed by atoms with Crippen molar-refractivity contribution in [2.75, 3.05) is 46.9 Å². The van der Waals surface area contributed by atoms with Crippen LogP contribution in [0.5, 0.6) is 0 Å². The van der Waals surface area contributed by atoms with Gasteiger partial charge in [-0.15, -0.1) is 0 Å². The maximum Gasteiger partial charge on any atom is 0.0972 e.